The normalized spacial score (nSPS) is 33.3. The lowest BCUT2D eigenvalue weighted by Gasteiger charge is -2.29. The first-order valence-corrected chi connectivity index (χ1v) is 12.6. The van der Waals surface area contributed by atoms with E-state index in [0.29, 0.717) is 5.57 Å². The summed E-state index contributed by atoms with van der Waals surface area (Å²) in [5, 5.41) is 24.3. The quantitative estimate of drug-likeness (QED) is 0.235. The van der Waals surface area contributed by atoms with Gasteiger partial charge in [0.05, 0.1) is 17.9 Å². The average molecular weight is 547 g/mol. The van der Waals surface area contributed by atoms with Crippen LogP contribution in [0, 0.1) is 11.8 Å². The minimum atomic E-state index is -1.01. The Morgan fingerprint density at radius 1 is 1.13 bits per heavy atom. The molecule has 2 rings (SSSR count). The Hall–Kier alpha value is -3.54. The minimum absolute atomic E-state index is 0.0149. The number of nitrogens with one attached hydrogen (secondary N) is 1. The van der Waals surface area contributed by atoms with Gasteiger partial charge in [-0.2, -0.15) is 0 Å². The number of carbonyl (C=O) groups excluding carboxylic acids is 4. The fraction of sp³-hybridized carbons (Fsp3) is 0.500. The number of carbonyl (C=O) groups is 4. The molecule has 2 aliphatic rings. The van der Waals surface area contributed by atoms with Crippen molar-refractivity contribution in [2.75, 3.05) is 14.2 Å². The number of nitrogens with two attached hydrogens (primary N) is 1. The summed E-state index contributed by atoms with van der Waals surface area (Å²) in [5.41, 5.74) is 5.79. The van der Waals surface area contributed by atoms with Crippen LogP contribution in [0.1, 0.15) is 40.5 Å². The number of methoxy groups -OCH3 is 2. The number of ether oxygens (including phenoxy) is 3. The summed E-state index contributed by atoms with van der Waals surface area (Å²) in [5.74, 6) is -3.58. The predicted octanol–water partition coefficient (Wildman–Crippen LogP) is 2.32. The van der Waals surface area contributed by atoms with Crippen LogP contribution in [-0.4, -0.2) is 72.4 Å². The van der Waals surface area contributed by atoms with Crippen molar-refractivity contribution < 1.29 is 43.6 Å². The number of aliphatic hydroxyl groups excluding tert-OH is 2. The van der Waals surface area contributed by atoms with Crippen LogP contribution in [-0.2, 0) is 28.6 Å². The van der Waals surface area contributed by atoms with E-state index in [9.17, 15) is 29.4 Å². The Bertz CT molecular complexity index is 1130. The van der Waals surface area contributed by atoms with Crippen molar-refractivity contribution in [1.82, 2.24) is 5.32 Å². The highest BCUT2D eigenvalue weighted by Crippen LogP contribution is 2.29. The van der Waals surface area contributed by atoms with Crippen LogP contribution in [0.2, 0.25) is 0 Å². The van der Waals surface area contributed by atoms with Gasteiger partial charge in [0.15, 0.2) is 6.10 Å². The van der Waals surface area contributed by atoms with Gasteiger partial charge >= 0.3 is 6.09 Å². The second-order valence-corrected chi connectivity index (χ2v) is 9.90. The van der Waals surface area contributed by atoms with E-state index in [0.717, 1.165) is 6.08 Å². The zero-order chi connectivity index (χ0) is 29.4. The first-order chi connectivity index (χ1) is 18.3. The fourth-order valence-electron chi connectivity index (χ4n) is 4.57. The van der Waals surface area contributed by atoms with Gasteiger partial charge in [0.1, 0.15) is 11.9 Å². The molecule has 2 bridgehead atoms. The second kappa shape index (κ2) is 14.0. The van der Waals surface area contributed by atoms with Crippen molar-refractivity contribution in [2.24, 2.45) is 17.6 Å². The maximum atomic E-state index is 12.8. The van der Waals surface area contributed by atoms with Gasteiger partial charge in [0.2, 0.25) is 11.6 Å². The first-order valence-electron chi connectivity index (χ1n) is 12.6. The van der Waals surface area contributed by atoms with Crippen LogP contribution in [0.3, 0.4) is 0 Å². The van der Waals surface area contributed by atoms with Crippen molar-refractivity contribution >= 4 is 23.6 Å². The molecule has 6 atom stereocenters. The third kappa shape index (κ3) is 8.22. The molecule has 1 aliphatic carbocycles. The number of amides is 2. The molecule has 0 radical (unpaired) electrons. The summed E-state index contributed by atoms with van der Waals surface area (Å²) in [6, 6.07) is 0. The van der Waals surface area contributed by atoms with E-state index in [2.05, 4.69) is 5.32 Å². The lowest BCUT2D eigenvalue weighted by molar-refractivity contribution is -0.132. The van der Waals surface area contributed by atoms with Crippen LogP contribution < -0.4 is 11.1 Å². The van der Waals surface area contributed by atoms with E-state index < -0.39 is 59.7 Å². The Labute approximate surface area is 228 Å². The van der Waals surface area contributed by atoms with Crippen molar-refractivity contribution in [3.05, 3.63) is 58.6 Å². The molecule has 1 aliphatic heterocycles. The molecule has 5 N–H and O–H groups in total. The van der Waals surface area contributed by atoms with Crippen LogP contribution >= 0.6 is 0 Å². The summed E-state index contributed by atoms with van der Waals surface area (Å²) < 4.78 is 16.4. The molecule has 0 aromatic carbocycles. The van der Waals surface area contributed by atoms with Gasteiger partial charge in [0, 0.05) is 37.4 Å². The molecule has 1 heterocycles. The van der Waals surface area contributed by atoms with Gasteiger partial charge < -0.3 is 35.5 Å². The van der Waals surface area contributed by atoms with Gasteiger partial charge in [-0.1, -0.05) is 38.2 Å². The zero-order valence-corrected chi connectivity index (χ0v) is 23.1. The fourth-order valence-corrected chi connectivity index (χ4v) is 4.57. The zero-order valence-electron chi connectivity index (χ0n) is 23.1. The van der Waals surface area contributed by atoms with Crippen molar-refractivity contribution in [1.29, 1.82) is 0 Å². The van der Waals surface area contributed by atoms with Crippen LogP contribution in [0.15, 0.2) is 58.6 Å². The highest BCUT2D eigenvalue weighted by atomic mass is 16.6. The molecule has 0 aromatic heterocycles. The van der Waals surface area contributed by atoms with Crippen molar-refractivity contribution in [3.63, 3.8) is 0 Å². The third-order valence-electron chi connectivity index (χ3n) is 6.77. The molecule has 2 amide bonds. The van der Waals surface area contributed by atoms with E-state index in [-0.39, 0.29) is 35.6 Å². The maximum Gasteiger partial charge on any atom is 0.405 e. The van der Waals surface area contributed by atoms with E-state index >= 15 is 0 Å². The highest BCUT2D eigenvalue weighted by molar-refractivity contribution is 6.48. The number of aliphatic hydroxyl groups is 2. The average Bonchev–Trinajstić information content (AvgIpc) is 2.88. The third-order valence-corrected chi connectivity index (χ3v) is 6.77. The maximum absolute atomic E-state index is 12.8. The summed E-state index contributed by atoms with van der Waals surface area (Å²) >= 11 is 0. The Morgan fingerprint density at radius 2 is 1.79 bits per heavy atom. The number of fused-ring (bicyclic) bond motifs is 1. The lowest BCUT2D eigenvalue weighted by atomic mass is 9.85. The monoisotopic (exact) mass is 546 g/mol. The number of Topliss-reactive ketones (excluding diaryl/α,β-unsaturated/α-hetero) is 1. The largest absolute Gasteiger partial charge is 0.505 e. The van der Waals surface area contributed by atoms with Crippen molar-refractivity contribution in [3.8, 4) is 0 Å². The number of allylic oxidation sites excluding steroid dienone is 4. The first kappa shape index (κ1) is 31.7. The predicted molar refractivity (Wildman–Crippen MR) is 142 cm³/mol. The second-order valence-electron chi connectivity index (χ2n) is 9.90. The molecular formula is C28H38N2O9. The van der Waals surface area contributed by atoms with Gasteiger partial charge in [-0.25, -0.2) is 4.79 Å². The van der Waals surface area contributed by atoms with Gasteiger partial charge in [-0.15, -0.1) is 0 Å². The summed E-state index contributed by atoms with van der Waals surface area (Å²) in [6.45, 7) is 6.79. The molecule has 0 fully saturated rings. The van der Waals surface area contributed by atoms with Crippen molar-refractivity contribution in [2.45, 2.75) is 65.0 Å². The Morgan fingerprint density at radius 3 is 2.38 bits per heavy atom. The topological polar surface area (TPSA) is 174 Å². The van der Waals surface area contributed by atoms with Crippen LogP contribution in [0.4, 0.5) is 4.79 Å². The molecule has 11 heteroatoms. The molecule has 214 valence electrons. The molecule has 39 heavy (non-hydrogen) atoms. The number of hydrogen-bond donors (Lipinski definition) is 4. The van der Waals surface area contributed by atoms with Gasteiger partial charge in [0.25, 0.3) is 5.91 Å². The van der Waals surface area contributed by atoms with Crippen LogP contribution in [0.5, 0.6) is 0 Å². The number of rotatable bonds is 3. The molecule has 0 saturated carbocycles. The SMILES string of the molecule is COC1CC(C)CC2=C(O)C(=CC(=O)C2=O)NC(=O)/C(C)=C/C=C\[C@@H](OC)[C@H](OC(N)=O)/C(C)=C/[C@@H](C)[C@@H]1O. The Kier molecular flexibility index (Phi) is 11.4. The molecular weight excluding hydrogens is 508 g/mol. The number of ketones is 2. The lowest BCUT2D eigenvalue weighted by Crippen LogP contribution is -2.37. The van der Waals surface area contributed by atoms with Crippen LogP contribution in [0.25, 0.3) is 0 Å². The molecule has 0 saturated heterocycles. The Balaban J connectivity index is 2.59. The minimum Gasteiger partial charge on any atom is -0.505 e. The highest BCUT2D eigenvalue weighted by Gasteiger charge is 2.33. The van der Waals surface area contributed by atoms with Gasteiger partial charge in [-0.3, -0.25) is 14.4 Å². The number of hydrogen-bond acceptors (Lipinski definition) is 9. The van der Waals surface area contributed by atoms with E-state index in [4.69, 9.17) is 19.9 Å². The van der Waals surface area contributed by atoms with E-state index in [1.165, 1.54) is 33.3 Å². The molecule has 0 spiro atoms. The van der Waals surface area contributed by atoms with E-state index in [1.807, 2.05) is 0 Å². The smallest absolute Gasteiger partial charge is 0.405 e. The van der Waals surface area contributed by atoms with E-state index in [1.54, 1.807) is 32.9 Å². The molecule has 2 unspecified atom stereocenters. The van der Waals surface area contributed by atoms with Gasteiger partial charge in [-0.05, 0) is 38.2 Å². The summed E-state index contributed by atoms with van der Waals surface area (Å²) in [4.78, 5) is 49.4. The summed E-state index contributed by atoms with van der Waals surface area (Å²) in [6.07, 6.45) is 3.07. The molecule has 11 nitrogen and oxygen atoms in total. The summed E-state index contributed by atoms with van der Waals surface area (Å²) in [7, 11) is 2.86. The molecule has 0 aromatic rings. The number of primary amides is 1. The standard InChI is InChI=1S/C28H38N2O9/c1-14-10-18-24(33)19(13-20(31)25(18)34)30-27(35)15(2)8-7-9-21(37-5)26(39-28(29)36)17(4)12-16(3)23(32)22(11-14)38-6/h7-9,12-14,16,21-23,26,32-33H,10-11H2,1-6H3,(H2,29,36)(H,30,35)/b9-7-,15-8+,17-12+/t14?,16-,21-,22?,23+,26-/m1/s1.